The Balaban J connectivity index is 2.87. The number of hydrogen-bond donors (Lipinski definition) is 0. The van der Waals surface area contributed by atoms with Crippen LogP contribution in [-0.4, -0.2) is 42.6 Å². The topological polar surface area (TPSA) is 86.7 Å². The summed E-state index contributed by atoms with van der Waals surface area (Å²) >= 11 is 0. The van der Waals surface area contributed by atoms with Crippen molar-refractivity contribution in [2.24, 2.45) is 5.41 Å². The van der Waals surface area contributed by atoms with Gasteiger partial charge in [0.25, 0.3) is 20.2 Å². The standard InChI is InChI=1S/C13H20O6S2/c1-13(10-18-20(2,14)15,11-19-21(3,16)17)9-12-7-5-4-6-8-12/h4-8H,9-11H2,1-3H3. The van der Waals surface area contributed by atoms with E-state index in [1.807, 2.05) is 30.3 Å². The molecule has 1 aromatic rings. The Bertz CT molecular complexity index is 613. The fourth-order valence-electron chi connectivity index (χ4n) is 1.73. The predicted molar refractivity (Wildman–Crippen MR) is 79.8 cm³/mol. The van der Waals surface area contributed by atoms with Gasteiger partial charge in [-0.3, -0.25) is 8.37 Å². The molecule has 6 nitrogen and oxygen atoms in total. The van der Waals surface area contributed by atoms with Crippen LogP contribution in [0.25, 0.3) is 0 Å². The average molecular weight is 336 g/mol. The van der Waals surface area contributed by atoms with Gasteiger partial charge in [0.15, 0.2) is 0 Å². The summed E-state index contributed by atoms with van der Waals surface area (Å²) in [6.45, 7) is 1.41. The van der Waals surface area contributed by atoms with Crippen molar-refractivity contribution >= 4 is 20.2 Å². The second-order valence-corrected chi connectivity index (χ2v) is 8.69. The molecule has 120 valence electrons. The third-order valence-electron chi connectivity index (χ3n) is 2.72. The van der Waals surface area contributed by atoms with E-state index in [1.54, 1.807) is 6.92 Å². The van der Waals surface area contributed by atoms with Gasteiger partial charge in [0, 0.05) is 5.41 Å². The molecule has 0 heterocycles. The zero-order valence-corrected chi connectivity index (χ0v) is 13.9. The van der Waals surface area contributed by atoms with Crippen LogP contribution in [0.3, 0.4) is 0 Å². The third kappa shape index (κ3) is 8.15. The van der Waals surface area contributed by atoms with Crippen LogP contribution in [-0.2, 0) is 35.0 Å². The van der Waals surface area contributed by atoms with Crippen LogP contribution in [0.1, 0.15) is 12.5 Å². The van der Waals surface area contributed by atoms with Crippen LogP contribution in [0.15, 0.2) is 30.3 Å². The van der Waals surface area contributed by atoms with E-state index < -0.39 is 25.7 Å². The normalized spacial score (nSPS) is 13.3. The average Bonchev–Trinajstić information content (AvgIpc) is 2.34. The van der Waals surface area contributed by atoms with Crippen LogP contribution in [0.2, 0.25) is 0 Å². The van der Waals surface area contributed by atoms with Crippen LogP contribution < -0.4 is 0 Å². The first kappa shape index (κ1) is 18.1. The summed E-state index contributed by atoms with van der Waals surface area (Å²) in [5.41, 5.74) is 0.155. The first-order valence-corrected chi connectivity index (χ1v) is 9.85. The Kier molecular flexibility index (Phi) is 5.92. The van der Waals surface area contributed by atoms with Gasteiger partial charge >= 0.3 is 0 Å². The lowest BCUT2D eigenvalue weighted by molar-refractivity contribution is 0.102. The number of rotatable bonds is 8. The van der Waals surface area contributed by atoms with Gasteiger partial charge in [0.2, 0.25) is 0 Å². The van der Waals surface area contributed by atoms with E-state index in [0.717, 1.165) is 18.1 Å². The molecular formula is C13H20O6S2. The molecule has 8 heteroatoms. The van der Waals surface area contributed by atoms with Crippen molar-refractivity contribution in [3.63, 3.8) is 0 Å². The molecule has 0 radical (unpaired) electrons. The number of benzene rings is 1. The van der Waals surface area contributed by atoms with Crippen molar-refractivity contribution in [2.75, 3.05) is 25.7 Å². The summed E-state index contributed by atoms with van der Waals surface area (Å²) in [6.07, 6.45) is 2.33. The summed E-state index contributed by atoms with van der Waals surface area (Å²) in [5, 5.41) is 0. The van der Waals surface area contributed by atoms with Crippen LogP contribution >= 0.6 is 0 Å². The highest BCUT2D eigenvalue weighted by Gasteiger charge is 2.29. The largest absolute Gasteiger partial charge is 0.270 e. The first-order chi connectivity index (χ1) is 9.49. The monoisotopic (exact) mass is 336 g/mol. The molecule has 0 aromatic heterocycles. The van der Waals surface area contributed by atoms with E-state index in [1.165, 1.54) is 0 Å². The van der Waals surface area contributed by atoms with Crippen molar-refractivity contribution in [3.05, 3.63) is 35.9 Å². The summed E-state index contributed by atoms with van der Waals surface area (Å²) in [5.74, 6) is 0. The molecule has 0 atom stereocenters. The van der Waals surface area contributed by atoms with E-state index in [2.05, 4.69) is 0 Å². The molecule has 0 fully saturated rings. The van der Waals surface area contributed by atoms with Gasteiger partial charge in [-0.15, -0.1) is 0 Å². The van der Waals surface area contributed by atoms with Gasteiger partial charge in [-0.25, -0.2) is 0 Å². The fraction of sp³-hybridized carbons (Fsp3) is 0.538. The van der Waals surface area contributed by atoms with Crippen molar-refractivity contribution in [2.45, 2.75) is 13.3 Å². The van der Waals surface area contributed by atoms with Crippen molar-refractivity contribution in [3.8, 4) is 0 Å². The molecule has 0 N–H and O–H groups in total. The van der Waals surface area contributed by atoms with Gasteiger partial charge in [0.05, 0.1) is 25.7 Å². The molecule has 0 saturated heterocycles. The van der Waals surface area contributed by atoms with E-state index in [4.69, 9.17) is 8.37 Å². The zero-order valence-electron chi connectivity index (χ0n) is 12.3. The van der Waals surface area contributed by atoms with Gasteiger partial charge in [-0.05, 0) is 12.0 Å². The van der Waals surface area contributed by atoms with E-state index in [-0.39, 0.29) is 13.2 Å². The summed E-state index contributed by atoms with van der Waals surface area (Å²) in [4.78, 5) is 0. The Hall–Kier alpha value is -0.960. The summed E-state index contributed by atoms with van der Waals surface area (Å²) in [6, 6.07) is 9.31. The van der Waals surface area contributed by atoms with Gasteiger partial charge in [-0.2, -0.15) is 16.8 Å². The van der Waals surface area contributed by atoms with E-state index in [9.17, 15) is 16.8 Å². The second-order valence-electron chi connectivity index (χ2n) is 5.41. The van der Waals surface area contributed by atoms with Crippen molar-refractivity contribution < 1.29 is 25.2 Å². The van der Waals surface area contributed by atoms with Crippen LogP contribution in [0, 0.1) is 5.41 Å². The maximum Gasteiger partial charge on any atom is 0.264 e. The van der Waals surface area contributed by atoms with Gasteiger partial charge in [-0.1, -0.05) is 37.3 Å². The molecule has 0 unspecified atom stereocenters. The van der Waals surface area contributed by atoms with Crippen LogP contribution in [0.5, 0.6) is 0 Å². The van der Waals surface area contributed by atoms with Crippen molar-refractivity contribution in [1.82, 2.24) is 0 Å². The second kappa shape index (κ2) is 6.87. The Labute approximate surface area is 126 Å². The van der Waals surface area contributed by atoms with Gasteiger partial charge in [0.1, 0.15) is 0 Å². The highest BCUT2D eigenvalue weighted by molar-refractivity contribution is 7.86. The third-order valence-corrected chi connectivity index (χ3v) is 3.81. The molecule has 1 aromatic carbocycles. The fourth-order valence-corrected chi connectivity index (χ4v) is 2.73. The molecule has 0 aliphatic rings. The molecule has 21 heavy (non-hydrogen) atoms. The van der Waals surface area contributed by atoms with E-state index in [0.29, 0.717) is 6.42 Å². The Morgan fingerprint density at radius 1 is 0.905 bits per heavy atom. The predicted octanol–water partition coefficient (Wildman–Crippen LogP) is 1.19. The number of hydrogen-bond acceptors (Lipinski definition) is 6. The summed E-state index contributed by atoms with van der Waals surface area (Å²) in [7, 11) is -7.22. The molecule has 1 rings (SSSR count). The molecular weight excluding hydrogens is 316 g/mol. The molecule has 0 aliphatic carbocycles. The Morgan fingerprint density at radius 2 is 1.33 bits per heavy atom. The minimum absolute atomic E-state index is 0.157. The molecule has 0 spiro atoms. The molecule has 0 aliphatic heterocycles. The molecule has 0 saturated carbocycles. The minimum atomic E-state index is -3.61. The smallest absolute Gasteiger partial charge is 0.264 e. The molecule has 0 bridgehead atoms. The minimum Gasteiger partial charge on any atom is -0.270 e. The van der Waals surface area contributed by atoms with Crippen molar-refractivity contribution in [1.29, 1.82) is 0 Å². The zero-order chi connectivity index (χ0) is 16.1. The van der Waals surface area contributed by atoms with E-state index >= 15 is 0 Å². The maximum absolute atomic E-state index is 11.2. The lowest BCUT2D eigenvalue weighted by Crippen LogP contribution is -2.33. The quantitative estimate of drug-likeness (QED) is 0.663. The van der Waals surface area contributed by atoms with Gasteiger partial charge < -0.3 is 0 Å². The maximum atomic E-state index is 11.2. The molecule has 0 amide bonds. The lowest BCUT2D eigenvalue weighted by Gasteiger charge is -2.28. The SMILES string of the molecule is CC(COS(C)(=O)=O)(COS(C)(=O)=O)Cc1ccccc1. The highest BCUT2D eigenvalue weighted by atomic mass is 32.2. The lowest BCUT2D eigenvalue weighted by atomic mass is 9.85. The highest BCUT2D eigenvalue weighted by Crippen LogP contribution is 2.25. The summed E-state index contributed by atoms with van der Waals surface area (Å²) < 4.78 is 54.3. The van der Waals surface area contributed by atoms with Crippen LogP contribution in [0.4, 0.5) is 0 Å². The Morgan fingerprint density at radius 3 is 1.71 bits per heavy atom. The first-order valence-electron chi connectivity index (χ1n) is 6.22.